The quantitative estimate of drug-likeness (QED) is 0.289. The molecular formula is C21H34IN5OS. The number of halogens is 1. The average Bonchev–Trinajstić information content (AvgIpc) is 3.37. The van der Waals surface area contributed by atoms with Gasteiger partial charge in [0.15, 0.2) is 5.96 Å². The highest BCUT2D eigenvalue weighted by Crippen LogP contribution is 2.41. The third-order valence-corrected chi connectivity index (χ3v) is 6.78. The molecule has 3 N–H and O–H groups in total. The van der Waals surface area contributed by atoms with Crippen molar-refractivity contribution >= 4 is 41.3 Å². The third-order valence-electron chi connectivity index (χ3n) is 5.66. The van der Waals surface area contributed by atoms with Gasteiger partial charge in [-0.15, -0.1) is 35.3 Å². The number of hydrogen-bond acceptors (Lipinski definition) is 4. The molecule has 1 saturated carbocycles. The van der Waals surface area contributed by atoms with Gasteiger partial charge in [0.2, 0.25) is 0 Å². The number of aliphatic hydroxyl groups is 1. The van der Waals surface area contributed by atoms with Gasteiger partial charge in [-0.3, -0.25) is 4.68 Å². The van der Waals surface area contributed by atoms with Crippen LogP contribution in [0.5, 0.6) is 0 Å². The molecule has 1 aliphatic rings. The topological polar surface area (TPSA) is 74.5 Å². The lowest BCUT2D eigenvalue weighted by atomic mass is 9.73. The van der Waals surface area contributed by atoms with Gasteiger partial charge >= 0.3 is 0 Å². The molecular weight excluding hydrogens is 497 g/mol. The minimum atomic E-state index is -1.05. The summed E-state index contributed by atoms with van der Waals surface area (Å²) in [6, 6.07) is 4.43. The Bertz CT molecular complexity index is 766. The summed E-state index contributed by atoms with van der Waals surface area (Å²) in [5, 5.41) is 24.0. The first kappa shape index (κ1) is 24.1. The Morgan fingerprint density at radius 1 is 1.34 bits per heavy atom. The van der Waals surface area contributed by atoms with Crippen molar-refractivity contribution in [2.45, 2.75) is 57.0 Å². The van der Waals surface area contributed by atoms with Crippen LogP contribution in [-0.2, 0) is 18.1 Å². The highest BCUT2D eigenvalue weighted by Gasteiger charge is 2.35. The first-order chi connectivity index (χ1) is 13.5. The monoisotopic (exact) mass is 531 g/mol. The Morgan fingerprint density at radius 2 is 2.10 bits per heavy atom. The highest BCUT2D eigenvalue weighted by atomic mass is 127. The highest BCUT2D eigenvalue weighted by molar-refractivity contribution is 14.0. The maximum Gasteiger partial charge on any atom is 0.191 e. The molecule has 2 heterocycles. The molecule has 1 unspecified atom stereocenters. The van der Waals surface area contributed by atoms with E-state index in [1.807, 2.05) is 24.6 Å². The maximum absolute atomic E-state index is 10.8. The van der Waals surface area contributed by atoms with Gasteiger partial charge in [0.1, 0.15) is 5.60 Å². The van der Waals surface area contributed by atoms with Crippen LogP contribution in [0.25, 0.3) is 0 Å². The van der Waals surface area contributed by atoms with Gasteiger partial charge in [-0.1, -0.05) is 25.3 Å². The van der Waals surface area contributed by atoms with E-state index in [0.29, 0.717) is 0 Å². The zero-order valence-electron chi connectivity index (χ0n) is 17.6. The first-order valence-electron chi connectivity index (χ1n) is 10.2. The SMILES string of the molecule is CCNC(=NCC(C)(O)c1cnn(C)c1)NCC1(c2cccs2)CCCCC1.I. The fraction of sp³-hybridized carbons (Fsp3) is 0.619. The second-order valence-electron chi connectivity index (χ2n) is 8.04. The summed E-state index contributed by atoms with van der Waals surface area (Å²) in [4.78, 5) is 6.15. The molecule has 0 radical (unpaired) electrons. The lowest BCUT2D eigenvalue weighted by Crippen LogP contribution is -2.46. The number of nitrogens with one attached hydrogen (secondary N) is 2. The zero-order valence-corrected chi connectivity index (χ0v) is 20.8. The molecule has 8 heteroatoms. The number of hydrogen-bond donors (Lipinski definition) is 3. The molecule has 162 valence electrons. The third kappa shape index (κ3) is 6.18. The second kappa shape index (κ2) is 10.8. The molecule has 1 atom stereocenters. The van der Waals surface area contributed by atoms with Crippen molar-refractivity contribution < 1.29 is 5.11 Å². The van der Waals surface area contributed by atoms with E-state index in [1.165, 1.54) is 37.0 Å². The molecule has 0 aliphatic heterocycles. The van der Waals surface area contributed by atoms with Crippen LogP contribution in [0, 0.1) is 0 Å². The summed E-state index contributed by atoms with van der Waals surface area (Å²) in [5.41, 5.74) is -0.0848. The Labute approximate surface area is 195 Å². The zero-order chi connectivity index (χ0) is 20.0. The normalized spacial score (nSPS) is 18.6. The van der Waals surface area contributed by atoms with Crippen LogP contribution in [0.4, 0.5) is 0 Å². The van der Waals surface area contributed by atoms with E-state index in [-0.39, 0.29) is 35.9 Å². The van der Waals surface area contributed by atoms with Crippen LogP contribution >= 0.6 is 35.3 Å². The standard InChI is InChI=1S/C21H33N5OS.HI/c1-4-22-19(23-15-20(2,27)17-13-25-26(3)14-17)24-16-21(10-6-5-7-11-21)18-9-8-12-28-18;/h8-9,12-14,27H,4-7,10-11,15-16H2,1-3H3,(H2,22,23,24);1H. The number of thiophene rings is 1. The van der Waals surface area contributed by atoms with Gasteiger partial charge in [-0.05, 0) is 38.1 Å². The Balaban J connectivity index is 0.00000300. The summed E-state index contributed by atoms with van der Waals surface area (Å²) < 4.78 is 1.70. The predicted octanol–water partition coefficient (Wildman–Crippen LogP) is 3.76. The average molecular weight is 532 g/mol. The molecule has 0 bridgehead atoms. The minimum absolute atomic E-state index is 0. The lowest BCUT2D eigenvalue weighted by Gasteiger charge is -2.37. The van der Waals surface area contributed by atoms with Crippen molar-refractivity contribution in [1.29, 1.82) is 0 Å². The number of rotatable bonds is 7. The van der Waals surface area contributed by atoms with Crippen molar-refractivity contribution in [3.05, 3.63) is 40.3 Å². The molecule has 1 aliphatic carbocycles. The van der Waals surface area contributed by atoms with Crippen molar-refractivity contribution in [2.75, 3.05) is 19.6 Å². The van der Waals surface area contributed by atoms with Crippen molar-refractivity contribution in [1.82, 2.24) is 20.4 Å². The minimum Gasteiger partial charge on any atom is -0.383 e. The van der Waals surface area contributed by atoms with Crippen LogP contribution in [-0.4, -0.2) is 40.5 Å². The summed E-state index contributed by atoms with van der Waals surface area (Å²) in [6.07, 6.45) is 9.86. The number of aryl methyl sites for hydroxylation is 1. The van der Waals surface area contributed by atoms with Gasteiger partial charge < -0.3 is 15.7 Å². The molecule has 29 heavy (non-hydrogen) atoms. The summed E-state index contributed by atoms with van der Waals surface area (Å²) in [6.45, 7) is 5.78. The number of aromatic nitrogens is 2. The first-order valence-corrected chi connectivity index (χ1v) is 11.1. The fourth-order valence-electron chi connectivity index (χ4n) is 3.94. The van der Waals surface area contributed by atoms with Crippen molar-refractivity contribution in [3.63, 3.8) is 0 Å². The largest absolute Gasteiger partial charge is 0.383 e. The van der Waals surface area contributed by atoms with Crippen molar-refractivity contribution in [2.24, 2.45) is 12.0 Å². The van der Waals surface area contributed by atoms with Crippen LogP contribution in [0.3, 0.4) is 0 Å². The van der Waals surface area contributed by atoms with E-state index < -0.39 is 5.60 Å². The van der Waals surface area contributed by atoms with Gasteiger partial charge in [0.25, 0.3) is 0 Å². The van der Waals surface area contributed by atoms with Gasteiger partial charge in [0, 0.05) is 42.2 Å². The number of aliphatic imine (C=N–C) groups is 1. The molecule has 2 aromatic rings. The lowest BCUT2D eigenvalue weighted by molar-refractivity contribution is 0.0671. The van der Waals surface area contributed by atoms with Crippen LogP contribution < -0.4 is 10.6 Å². The van der Waals surface area contributed by atoms with Gasteiger partial charge in [0.05, 0.1) is 12.7 Å². The smallest absolute Gasteiger partial charge is 0.191 e. The van der Waals surface area contributed by atoms with E-state index >= 15 is 0 Å². The maximum atomic E-state index is 10.8. The second-order valence-corrected chi connectivity index (χ2v) is 8.99. The summed E-state index contributed by atoms with van der Waals surface area (Å²) >= 11 is 1.86. The Morgan fingerprint density at radius 3 is 2.69 bits per heavy atom. The molecule has 0 aromatic carbocycles. The predicted molar refractivity (Wildman–Crippen MR) is 131 cm³/mol. The molecule has 0 amide bonds. The van der Waals surface area contributed by atoms with Crippen molar-refractivity contribution in [3.8, 4) is 0 Å². The van der Waals surface area contributed by atoms with Crippen LogP contribution in [0.2, 0.25) is 0 Å². The summed E-state index contributed by atoms with van der Waals surface area (Å²) in [5.74, 6) is 0.758. The van der Waals surface area contributed by atoms with E-state index in [0.717, 1.165) is 24.6 Å². The Kier molecular flexibility index (Phi) is 8.96. The van der Waals surface area contributed by atoms with Gasteiger partial charge in [-0.25, -0.2) is 4.99 Å². The molecule has 0 saturated heterocycles. The van der Waals surface area contributed by atoms with E-state index in [4.69, 9.17) is 0 Å². The molecule has 6 nitrogen and oxygen atoms in total. The van der Waals surface area contributed by atoms with Crippen LogP contribution in [0.1, 0.15) is 56.4 Å². The molecule has 1 fully saturated rings. The molecule has 0 spiro atoms. The molecule has 2 aromatic heterocycles. The van der Waals surface area contributed by atoms with E-state index in [9.17, 15) is 5.11 Å². The number of guanidine groups is 1. The van der Waals surface area contributed by atoms with Gasteiger partial charge in [-0.2, -0.15) is 5.10 Å². The van der Waals surface area contributed by atoms with Crippen LogP contribution in [0.15, 0.2) is 34.9 Å². The Hall–Kier alpha value is -1.13. The summed E-state index contributed by atoms with van der Waals surface area (Å²) in [7, 11) is 1.85. The van der Waals surface area contributed by atoms with E-state index in [2.05, 4.69) is 45.2 Å². The van der Waals surface area contributed by atoms with E-state index in [1.54, 1.807) is 17.8 Å². The fourth-order valence-corrected chi connectivity index (χ4v) is 4.92. The molecule has 3 rings (SSSR count). The number of nitrogens with zero attached hydrogens (tertiary/aromatic N) is 3.